The number of carbonyl (C=O) groups excluding carboxylic acids is 2. The largest absolute Gasteiger partial charge is 0.466 e. The van der Waals surface area contributed by atoms with Crippen LogP contribution in [0.4, 0.5) is 5.82 Å². The standard InChI is InChI=1S/C24H32N4O4/c1-2-32-24(31)18-10-15-26(16-11-18)21(29)12-17-28-20-9-5-4-8-19(20)25-22(23(28)30)27-13-6-3-7-14-27/h4-5,8-9,18H,2-3,6-7,10-17H2,1H3. The number of aromatic nitrogens is 2. The van der Waals surface area contributed by atoms with E-state index in [-0.39, 0.29) is 29.8 Å². The Labute approximate surface area is 188 Å². The van der Waals surface area contributed by atoms with Crippen molar-refractivity contribution >= 4 is 28.7 Å². The molecule has 3 heterocycles. The van der Waals surface area contributed by atoms with Crippen LogP contribution in [-0.4, -0.2) is 59.1 Å². The molecule has 1 aromatic heterocycles. The highest BCUT2D eigenvalue weighted by atomic mass is 16.5. The summed E-state index contributed by atoms with van der Waals surface area (Å²) in [6.07, 6.45) is 4.81. The van der Waals surface area contributed by atoms with Crippen LogP contribution in [0.5, 0.6) is 0 Å². The highest BCUT2D eigenvalue weighted by Crippen LogP contribution is 2.21. The normalized spacial score (nSPS) is 17.5. The molecule has 0 bridgehead atoms. The number of para-hydroxylation sites is 2. The zero-order chi connectivity index (χ0) is 22.5. The van der Waals surface area contributed by atoms with E-state index in [1.165, 1.54) is 6.42 Å². The van der Waals surface area contributed by atoms with Crippen LogP contribution < -0.4 is 10.5 Å². The Bertz CT molecular complexity index is 1020. The Hall–Kier alpha value is -2.90. The number of aryl methyl sites for hydroxylation is 1. The smallest absolute Gasteiger partial charge is 0.309 e. The van der Waals surface area contributed by atoms with Crippen LogP contribution in [0.2, 0.25) is 0 Å². The van der Waals surface area contributed by atoms with Crippen molar-refractivity contribution in [2.24, 2.45) is 5.92 Å². The first-order valence-corrected chi connectivity index (χ1v) is 11.8. The molecule has 8 heteroatoms. The third-order valence-corrected chi connectivity index (χ3v) is 6.51. The maximum atomic E-state index is 13.3. The van der Waals surface area contributed by atoms with Crippen LogP contribution in [0.1, 0.15) is 45.4 Å². The lowest BCUT2D eigenvalue weighted by Gasteiger charge is -2.31. The van der Waals surface area contributed by atoms with Gasteiger partial charge in [-0.25, -0.2) is 4.98 Å². The molecule has 0 saturated carbocycles. The van der Waals surface area contributed by atoms with Crippen LogP contribution in [0.3, 0.4) is 0 Å². The number of hydrogen-bond acceptors (Lipinski definition) is 6. The molecule has 2 aliphatic heterocycles. The Kier molecular flexibility index (Phi) is 7.07. The first-order valence-electron chi connectivity index (χ1n) is 11.8. The van der Waals surface area contributed by atoms with E-state index in [1.807, 2.05) is 24.3 Å². The van der Waals surface area contributed by atoms with E-state index in [0.717, 1.165) is 37.0 Å². The summed E-state index contributed by atoms with van der Waals surface area (Å²) in [5.74, 6) is 0.211. The minimum Gasteiger partial charge on any atom is -0.466 e. The molecule has 2 fully saturated rings. The first kappa shape index (κ1) is 22.3. The SMILES string of the molecule is CCOC(=O)C1CCN(C(=O)CCn2c(=O)c(N3CCCCC3)nc3ccccc32)CC1. The lowest BCUT2D eigenvalue weighted by Crippen LogP contribution is -2.41. The zero-order valence-corrected chi connectivity index (χ0v) is 18.8. The molecule has 8 nitrogen and oxygen atoms in total. The van der Waals surface area contributed by atoms with Gasteiger partial charge in [-0.15, -0.1) is 0 Å². The fourth-order valence-electron chi connectivity index (χ4n) is 4.70. The van der Waals surface area contributed by atoms with Crippen molar-refractivity contribution < 1.29 is 14.3 Å². The average Bonchev–Trinajstić information content (AvgIpc) is 2.84. The predicted octanol–water partition coefficient (Wildman–Crippen LogP) is 2.58. The van der Waals surface area contributed by atoms with Crippen molar-refractivity contribution in [3.63, 3.8) is 0 Å². The summed E-state index contributed by atoms with van der Waals surface area (Å²) in [4.78, 5) is 46.7. The molecule has 0 N–H and O–H groups in total. The molecule has 32 heavy (non-hydrogen) atoms. The van der Waals surface area contributed by atoms with Gasteiger partial charge in [-0.1, -0.05) is 12.1 Å². The number of esters is 1. The van der Waals surface area contributed by atoms with Gasteiger partial charge in [0.1, 0.15) is 0 Å². The number of anilines is 1. The summed E-state index contributed by atoms with van der Waals surface area (Å²) in [5.41, 5.74) is 1.40. The van der Waals surface area contributed by atoms with Crippen LogP contribution in [0.25, 0.3) is 11.0 Å². The van der Waals surface area contributed by atoms with Crippen molar-refractivity contribution in [2.75, 3.05) is 37.7 Å². The van der Waals surface area contributed by atoms with E-state index in [0.29, 0.717) is 44.9 Å². The van der Waals surface area contributed by atoms with E-state index in [4.69, 9.17) is 4.74 Å². The highest BCUT2D eigenvalue weighted by Gasteiger charge is 2.28. The van der Waals surface area contributed by atoms with Crippen molar-refractivity contribution in [3.05, 3.63) is 34.6 Å². The fraction of sp³-hybridized carbons (Fsp3) is 0.583. The maximum Gasteiger partial charge on any atom is 0.309 e. The van der Waals surface area contributed by atoms with Crippen LogP contribution in [-0.2, 0) is 20.9 Å². The van der Waals surface area contributed by atoms with Crippen molar-refractivity contribution in [2.45, 2.75) is 52.0 Å². The third-order valence-electron chi connectivity index (χ3n) is 6.51. The Morgan fingerprint density at radius 1 is 1.06 bits per heavy atom. The molecule has 0 unspecified atom stereocenters. The summed E-state index contributed by atoms with van der Waals surface area (Å²) >= 11 is 0. The lowest BCUT2D eigenvalue weighted by atomic mass is 9.97. The van der Waals surface area contributed by atoms with Gasteiger partial charge < -0.3 is 19.1 Å². The van der Waals surface area contributed by atoms with Gasteiger partial charge in [0.25, 0.3) is 5.56 Å². The summed E-state index contributed by atoms with van der Waals surface area (Å²) in [6, 6.07) is 7.62. The lowest BCUT2D eigenvalue weighted by molar-refractivity contribution is -0.151. The Morgan fingerprint density at radius 2 is 1.78 bits per heavy atom. The number of fused-ring (bicyclic) bond motifs is 1. The molecular formula is C24H32N4O4. The fourth-order valence-corrected chi connectivity index (χ4v) is 4.70. The number of benzene rings is 1. The molecule has 4 rings (SSSR count). The molecule has 2 aliphatic rings. The van der Waals surface area contributed by atoms with Crippen molar-refractivity contribution in [1.82, 2.24) is 14.5 Å². The topological polar surface area (TPSA) is 84.7 Å². The van der Waals surface area contributed by atoms with Gasteiger partial charge in [0.15, 0.2) is 5.82 Å². The van der Waals surface area contributed by atoms with Crippen molar-refractivity contribution in [1.29, 1.82) is 0 Å². The number of nitrogens with zero attached hydrogens (tertiary/aromatic N) is 4. The first-order chi connectivity index (χ1) is 15.6. The average molecular weight is 441 g/mol. The zero-order valence-electron chi connectivity index (χ0n) is 18.8. The molecule has 0 spiro atoms. The number of carbonyl (C=O) groups is 2. The molecule has 172 valence electrons. The minimum atomic E-state index is -0.167. The predicted molar refractivity (Wildman–Crippen MR) is 123 cm³/mol. The number of ether oxygens (including phenoxy) is 1. The molecule has 1 amide bonds. The minimum absolute atomic E-state index is 0.0135. The maximum absolute atomic E-state index is 13.3. The van der Waals surface area contributed by atoms with Gasteiger partial charge in [-0.3, -0.25) is 14.4 Å². The number of piperidine rings is 2. The van der Waals surface area contributed by atoms with Gasteiger partial charge in [0.05, 0.1) is 23.6 Å². The molecule has 2 saturated heterocycles. The molecular weight excluding hydrogens is 408 g/mol. The summed E-state index contributed by atoms with van der Waals surface area (Å²) in [5, 5.41) is 0. The highest BCUT2D eigenvalue weighted by molar-refractivity contribution is 5.79. The summed E-state index contributed by atoms with van der Waals surface area (Å²) < 4.78 is 6.81. The van der Waals surface area contributed by atoms with E-state index >= 15 is 0 Å². The van der Waals surface area contributed by atoms with Gasteiger partial charge in [0.2, 0.25) is 5.91 Å². The van der Waals surface area contributed by atoms with Gasteiger partial charge in [-0.2, -0.15) is 0 Å². The monoisotopic (exact) mass is 440 g/mol. The second kappa shape index (κ2) is 10.1. The number of hydrogen-bond donors (Lipinski definition) is 0. The van der Waals surface area contributed by atoms with Gasteiger partial charge >= 0.3 is 5.97 Å². The Morgan fingerprint density at radius 3 is 2.50 bits per heavy atom. The number of amides is 1. The molecule has 0 aliphatic carbocycles. The molecule has 2 aromatic rings. The summed E-state index contributed by atoms with van der Waals surface area (Å²) in [7, 11) is 0. The molecule has 0 radical (unpaired) electrons. The number of rotatable bonds is 6. The van der Waals surface area contributed by atoms with E-state index in [1.54, 1.807) is 16.4 Å². The second-order valence-corrected chi connectivity index (χ2v) is 8.59. The molecule has 1 aromatic carbocycles. The van der Waals surface area contributed by atoms with Crippen LogP contribution in [0.15, 0.2) is 29.1 Å². The number of likely N-dealkylation sites (tertiary alicyclic amines) is 1. The van der Waals surface area contributed by atoms with E-state index in [9.17, 15) is 14.4 Å². The van der Waals surface area contributed by atoms with Gasteiger partial charge in [0, 0.05) is 39.1 Å². The van der Waals surface area contributed by atoms with Crippen LogP contribution >= 0.6 is 0 Å². The quantitative estimate of drug-likeness (QED) is 0.642. The Balaban J connectivity index is 1.47. The van der Waals surface area contributed by atoms with Crippen molar-refractivity contribution in [3.8, 4) is 0 Å². The van der Waals surface area contributed by atoms with Gasteiger partial charge in [-0.05, 0) is 51.2 Å². The molecule has 0 atom stereocenters. The summed E-state index contributed by atoms with van der Waals surface area (Å²) in [6.45, 7) is 5.29. The van der Waals surface area contributed by atoms with Crippen LogP contribution in [0, 0.1) is 5.92 Å². The second-order valence-electron chi connectivity index (χ2n) is 8.59. The van der Waals surface area contributed by atoms with E-state index in [2.05, 4.69) is 9.88 Å². The third kappa shape index (κ3) is 4.79. The van der Waals surface area contributed by atoms with E-state index < -0.39 is 0 Å².